The van der Waals surface area contributed by atoms with Crippen molar-refractivity contribution in [3.8, 4) is 67.0 Å². The van der Waals surface area contributed by atoms with Crippen molar-refractivity contribution in [3.63, 3.8) is 0 Å². The Bertz CT molecular complexity index is 4910. The highest BCUT2D eigenvalue weighted by Gasteiger charge is 2.52. The summed E-state index contributed by atoms with van der Waals surface area (Å²) >= 11 is 0. The van der Waals surface area contributed by atoms with Crippen LogP contribution < -0.4 is 4.90 Å². The van der Waals surface area contributed by atoms with Crippen LogP contribution in [0.3, 0.4) is 0 Å². The molecule has 0 bridgehead atoms. The number of hydrogen-bond donors (Lipinski definition) is 0. The van der Waals surface area contributed by atoms with Crippen molar-refractivity contribution in [1.29, 1.82) is 0 Å². The molecule has 0 radical (unpaired) electrons. The lowest BCUT2D eigenvalue weighted by Crippen LogP contribution is -2.26. The molecule has 2 aliphatic carbocycles. The minimum atomic E-state index is -0.469. The Kier molecular flexibility index (Phi) is 10.2. The summed E-state index contributed by atoms with van der Waals surface area (Å²) in [5.41, 5.74) is 27.3. The monoisotopic (exact) mass is 1040 g/mol. The van der Waals surface area contributed by atoms with Gasteiger partial charge >= 0.3 is 0 Å². The van der Waals surface area contributed by atoms with Crippen LogP contribution in [-0.2, 0) is 5.41 Å². The van der Waals surface area contributed by atoms with E-state index in [2.05, 4.69) is 323 Å². The largest absolute Gasteiger partial charge is 0.310 e. The molecule has 0 amide bonds. The Morgan fingerprint density at radius 3 is 1.17 bits per heavy atom. The van der Waals surface area contributed by atoms with Gasteiger partial charge in [0.05, 0.1) is 27.5 Å². The topological polar surface area (TPSA) is 13.1 Å². The number of anilines is 3. The molecule has 82 heavy (non-hydrogen) atoms. The van der Waals surface area contributed by atoms with Gasteiger partial charge in [-0.1, -0.05) is 231 Å². The summed E-state index contributed by atoms with van der Waals surface area (Å²) in [5.74, 6) is 0. The van der Waals surface area contributed by atoms with E-state index in [-0.39, 0.29) is 0 Å². The summed E-state index contributed by atoms with van der Waals surface area (Å²) in [5, 5.41) is 4.85. The molecule has 17 rings (SSSR count). The Morgan fingerprint density at radius 1 is 0.232 bits per heavy atom. The average molecular weight is 1040 g/mol. The molecule has 15 aromatic rings. The standard InChI is InChI=1S/C79H51N3/c1-4-21-52(22-5-1)55-47-56(53-23-6-2-7-24-53)49-61(48-55)82-75-38-19-14-31-67(75)69-46-44-60(51-77(69)82)80(59-43-45-68-66-30-13-18-37-74(66)81(76(68)50-59)57-25-8-3-9-26-57)58-41-39-54(40-42-58)62-32-20-33-70-65-29-12-17-36-73(65)79(78(62)70)71-34-15-10-27-63(71)64-28-11-16-35-72(64)79/h1-51H. The highest BCUT2D eigenvalue weighted by atomic mass is 15.1. The molecule has 3 heteroatoms. The van der Waals surface area contributed by atoms with Crippen LogP contribution in [0.25, 0.3) is 111 Å². The van der Waals surface area contributed by atoms with Crippen LogP contribution in [0.5, 0.6) is 0 Å². The summed E-state index contributed by atoms with van der Waals surface area (Å²) in [6, 6.07) is 115. The fraction of sp³-hybridized carbons (Fsp3) is 0.0127. The van der Waals surface area contributed by atoms with Gasteiger partial charge in [0.15, 0.2) is 0 Å². The minimum Gasteiger partial charge on any atom is -0.310 e. The third kappa shape index (κ3) is 6.77. The molecule has 13 aromatic carbocycles. The Morgan fingerprint density at radius 2 is 0.634 bits per heavy atom. The molecule has 3 nitrogen and oxygen atoms in total. The van der Waals surface area contributed by atoms with Gasteiger partial charge in [-0.2, -0.15) is 0 Å². The van der Waals surface area contributed by atoms with Crippen LogP contribution >= 0.6 is 0 Å². The number of fused-ring (bicyclic) bond motifs is 16. The van der Waals surface area contributed by atoms with Gasteiger partial charge in [0.1, 0.15) is 0 Å². The first-order valence-corrected chi connectivity index (χ1v) is 28.4. The van der Waals surface area contributed by atoms with Gasteiger partial charge in [-0.05, 0) is 157 Å². The second kappa shape index (κ2) is 18.2. The van der Waals surface area contributed by atoms with Crippen molar-refractivity contribution in [1.82, 2.24) is 9.13 Å². The summed E-state index contributed by atoms with van der Waals surface area (Å²) in [6.07, 6.45) is 0. The van der Waals surface area contributed by atoms with Crippen LogP contribution in [0, 0.1) is 0 Å². The van der Waals surface area contributed by atoms with Crippen LogP contribution in [-0.4, -0.2) is 9.13 Å². The molecule has 0 saturated carbocycles. The predicted octanol–water partition coefficient (Wildman–Crippen LogP) is 20.7. The maximum Gasteiger partial charge on any atom is 0.0731 e. The Balaban J connectivity index is 0.890. The molecular weight excluding hydrogens is 991 g/mol. The number of rotatable bonds is 8. The van der Waals surface area contributed by atoms with Gasteiger partial charge in [-0.25, -0.2) is 0 Å². The number of hydrogen-bond acceptors (Lipinski definition) is 1. The number of nitrogens with zero attached hydrogens (tertiary/aromatic N) is 3. The number of benzene rings is 13. The highest BCUT2D eigenvalue weighted by molar-refractivity contribution is 6.12. The average Bonchev–Trinajstić information content (AvgIpc) is 1.96. The molecule has 0 saturated heterocycles. The SMILES string of the molecule is c1ccc(-c2cc(-c3ccccc3)cc(-n3c4ccccc4c4ccc(N(c5ccc(-c6cccc7c6C6(c8ccccc8-c8ccccc86)c6ccccc6-7)cc5)c5ccc6c7ccccc7n(-c7ccccc7)c6c5)cc43)c2)cc1. The lowest BCUT2D eigenvalue weighted by Gasteiger charge is -2.32. The minimum absolute atomic E-state index is 0.469. The quantitative estimate of drug-likeness (QED) is 0.148. The van der Waals surface area contributed by atoms with E-state index in [1.165, 1.54) is 105 Å². The predicted molar refractivity (Wildman–Crippen MR) is 342 cm³/mol. The molecule has 1 spiro atoms. The molecule has 0 fully saturated rings. The zero-order valence-corrected chi connectivity index (χ0v) is 44.8. The Hall–Kier alpha value is -10.7. The molecular formula is C79H51N3. The van der Waals surface area contributed by atoms with Gasteiger partial charge in [-0.3, -0.25) is 0 Å². The molecule has 2 heterocycles. The molecule has 382 valence electrons. The van der Waals surface area contributed by atoms with Crippen LogP contribution in [0.1, 0.15) is 22.3 Å². The van der Waals surface area contributed by atoms with E-state index in [9.17, 15) is 0 Å². The zero-order valence-electron chi connectivity index (χ0n) is 44.8. The second-order valence-corrected chi connectivity index (χ2v) is 21.9. The van der Waals surface area contributed by atoms with Gasteiger partial charge < -0.3 is 14.0 Å². The van der Waals surface area contributed by atoms with Crippen molar-refractivity contribution < 1.29 is 0 Å². The van der Waals surface area contributed by atoms with Crippen molar-refractivity contribution in [2.45, 2.75) is 5.41 Å². The molecule has 0 aliphatic heterocycles. The fourth-order valence-electron chi connectivity index (χ4n) is 14.3. The summed E-state index contributed by atoms with van der Waals surface area (Å²) in [6.45, 7) is 0. The first-order chi connectivity index (χ1) is 40.7. The third-order valence-corrected chi connectivity index (χ3v) is 17.7. The van der Waals surface area contributed by atoms with Gasteiger partial charge in [-0.15, -0.1) is 0 Å². The maximum atomic E-state index is 2.48. The van der Waals surface area contributed by atoms with Crippen LogP contribution in [0.2, 0.25) is 0 Å². The molecule has 0 atom stereocenters. The summed E-state index contributed by atoms with van der Waals surface area (Å²) < 4.78 is 4.90. The maximum absolute atomic E-state index is 2.48. The normalized spacial score (nSPS) is 12.7. The van der Waals surface area contributed by atoms with E-state index < -0.39 is 5.41 Å². The van der Waals surface area contributed by atoms with E-state index in [0.717, 1.165) is 45.0 Å². The van der Waals surface area contributed by atoms with E-state index in [0.29, 0.717) is 0 Å². The first kappa shape index (κ1) is 46.2. The van der Waals surface area contributed by atoms with Crippen molar-refractivity contribution >= 4 is 60.7 Å². The first-order valence-electron chi connectivity index (χ1n) is 28.4. The molecule has 0 N–H and O–H groups in total. The van der Waals surface area contributed by atoms with E-state index >= 15 is 0 Å². The fourth-order valence-corrected chi connectivity index (χ4v) is 14.3. The highest BCUT2D eigenvalue weighted by Crippen LogP contribution is 2.64. The second-order valence-electron chi connectivity index (χ2n) is 21.9. The van der Waals surface area contributed by atoms with Gasteiger partial charge in [0.25, 0.3) is 0 Å². The van der Waals surface area contributed by atoms with E-state index in [4.69, 9.17) is 0 Å². The lowest BCUT2D eigenvalue weighted by molar-refractivity contribution is 0.796. The van der Waals surface area contributed by atoms with Gasteiger partial charge in [0, 0.05) is 50.0 Å². The number of aromatic nitrogens is 2. The summed E-state index contributed by atoms with van der Waals surface area (Å²) in [7, 11) is 0. The molecule has 0 unspecified atom stereocenters. The van der Waals surface area contributed by atoms with Crippen molar-refractivity contribution in [2.24, 2.45) is 0 Å². The smallest absolute Gasteiger partial charge is 0.0731 e. The zero-order chi connectivity index (χ0) is 53.9. The van der Waals surface area contributed by atoms with E-state index in [1.54, 1.807) is 0 Å². The lowest BCUT2D eigenvalue weighted by atomic mass is 9.68. The van der Waals surface area contributed by atoms with Crippen molar-refractivity contribution in [3.05, 3.63) is 332 Å². The summed E-state index contributed by atoms with van der Waals surface area (Å²) in [4.78, 5) is 2.46. The molecule has 2 aromatic heterocycles. The van der Waals surface area contributed by atoms with Crippen molar-refractivity contribution in [2.75, 3.05) is 4.90 Å². The number of para-hydroxylation sites is 3. The molecule has 2 aliphatic rings. The third-order valence-electron chi connectivity index (χ3n) is 17.7. The van der Waals surface area contributed by atoms with Crippen LogP contribution in [0.15, 0.2) is 309 Å². The van der Waals surface area contributed by atoms with E-state index in [1.807, 2.05) is 0 Å². The van der Waals surface area contributed by atoms with Gasteiger partial charge in [0.2, 0.25) is 0 Å². The van der Waals surface area contributed by atoms with Crippen LogP contribution in [0.4, 0.5) is 17.1 Å². The Labute approximate surface area is 476 Å².